The molecule has 4 heteroatoms. The molecule has 1 saturated heterocycles. The monoisotopic (exact) mass is 326 g/mol. The number of hydrogen-bond donors (Lipinski definition) is 2. The smallest absolute Gasteiger partial charge is 0.0637 e. The summed E-state index contributed by atoms with van der Waals surface area (Å²) in [4.78, 5) is 2.33. The SMILES string of the molecule is CCNCc1ccc(N2CCC(C)C2CO)cc1Br. The predicted octanol–water partition coefficient (Wildman–Crippen LogP) is 2.77. The van der Waals surface area contributed by atoms with Gasteiger partial charge in [0.2, 0.25) is 0 Å². The van der Waals surface area contributed by atoms with Crippen molar-refractivity contribution in [3.8, 4) is 0 Å². The first-order valence-corrected chi connectivity index (χ1v) is 7.83. The van der Waals surface area contributed by atoms with Gasteiger partial charge in [-0.15, -0.1) is 0 Å². The van der Waals surface area contributed by atoms with Gasteiger partial charge in [-0.3, -0.25) is 0 Å². The minimum atomic E-state index is 0.234. The van der Waals surface area contributed by atoms with Crippen molar-refractivity contribution in [2.45, 2.75) is 32.9 Å². The molecular formula is C15H23BrN2O. The van der Waals surface area contributed by atoms with Crippen LogP contribution in [-0.4, -0.2) is 30.8 Å². The van der Waals surface area contributed by atoms with E-state index in [4.69, 9.17) is 0 Å². The second-order valence-electron chi connectivity index (χ2n) is 5.27. The number of rotatable bonds is 5. The molecule has 0 aliphatic carbocycles. The Morgan fingerprint density at radius 3 is 2.89 bits per heavy atom. The Kier molecular flexibility index (Phi) is 5.25. The molecule has 1 heterocycles. The molecule has 1 aromatic rings. The predicted molar refractivity (Wildman–Crippen MR) is 83.5 cm³/mol. The quantitative estimate of drug-likeness (QED) is 0.873. The topological polar surface area (TPSA) is 35.5 Å². The van der Waals surface area contributed by atoms with Crippen LogP contribution >= 0.6 is 15.9 Å². The number of nitrogens with one attached hydrogen (secondary N) is 1. The highest BCUT2D eigenvalue weighted by Crippen LogP contribution is 2.32. The maximum atomic E-state index is 9.54. The van der Waals surface area contributed by atoms with Gasteiger partial charge in [-0.25, -0.2) is 0 Å². The molecule has 19 heavy (non-hydrogen) atoms. The molecule has 0 saturated carbocycles. The van der Waals surface area contributed by atoms with E-state index in [-0.39, 0.29) is 12.6 Å². The van der Waals surface area contributed by atoms with Crippen LogP contribution in [0.2, 0.25) is 0 Å². The lowest BCUT2D eigenvalue weighted by molar-refractivity contribution is 0.245. The summed E-state index contributed by atoms with van der Waals surface area (Å²) < 4.78 is 1.14. The van der Waals surface area contributed by atoms with Crippen LogP contribution < -0.4 is 10.2 Å². The van der Waals surface area contributed by atoms with E-state index in [9.17, 15) is 5.11 Å². The molecule has 0 bridgehead atoms. The van der Waals surface area contributed by atoms with Crippen LogP contribution in [0.1, 0.15) is 25.8 Å². The zero-order valence-corrected chi connectivity index (χ0v) is 13.3. The highest BCUT2D eigenvalue weighted by atomic mass is 79.9. The fourth-order valence-electron chi connectivity index (χ4n) is 2.73. The number of benzene rings is 1. The van der Waals surface area contributed by atoms with Gasteiger partial charge in [-0.1, -0.05) is 35.8 Å². The third-order valence-corrected chi connectivity index (χ3v) is 4.74. The highest BCUT2D eigenvalue weighted by molar-refractivity contribution is 9.10. The van der Waals surface area contributed by atoms with Crippen molar-refractivity contribution < 1.29 is 5.11 Å². The molecule has 0 aromatic heterocycles. The van der Waals surface area contributed by atoms with Gasteiger partial charge in [0.1, 0.15) is 0 Å². The van der Waals surface area contributed by atoms with E-state index in [1.165, 1.54) is 11.3 Å². The molecule has 0 amide bonds. The number of aliphatic hydroxyl groups excluding tert-OH is 1. The summed E-state index contributed by atoms with van der Waals surface area (Å²) in [6.45, 7) is 7.46. The first-order valence-electron chi connectivity index (χ1n) is 7.04. The van der Waals surface area contributed by atoms with Gasteiger partial charge in [-0.2, -0.15) is 0 Å². The summed E-state index contributed by atoms with van der Waals surface area (Å²) in [5, 5.41) is 12.9. The molecule has 0 radical (unpaired) electrons. The molecular weight excluding hydrogens is 304 g/mol. The first kappa shape index (κ1) is 14.8. The standard InChI is InChI=1S/C15H23BrN2O/c1-3-17-9-12-4-5-13(8-14(12)16)18-7-6-11(2)15(18)10-19/h4-5,8,11,15,17,19H,3,6-7,9-10H2,1-2H3. The lowest BCUT2D eigenvalue weighted by atomic mass is 10.0. The molecule has 1 aromatic carbocycles. The van der Waals surface area contributed by atoms with Gasteiger partial charge in [-0.05, 0) is 36.6 Å². The largest absolute Gasteiger partial charge is 0.394 e. The van der Waals surface area contributed by atoms with E-state index >= 15 is 0 Å². The average molecular weight is 327 g/mol. The van der Waals surface area contributed by atoms with Gasteiger partial charge in [0, 0.05) is 23.2 Å². The highest BCUT2D eigenvalue weighted by Gasteiger charge is 2.30. The van der Waals surface area contributed by atoms with Gasteiger partial charge in [0.25, 0.3) is 0 Å². The van der Waals surface area contributed by atoms with Gasteiger partial charge in [0.05, 0.1) is 12.6 Å². The summed E-state index contributed by atoms with van der Waals surface area (Å²) in [6.07, 6.45) is 1.15. The Hall–Kier alpha value is -0.580. The Morgan fingerprint density at radius 1 is 1.47 bits per heavy atom. The Labute approximate surface area is 124 Å². The molecule has 106 valence electrons. The second-order valence-corrected chi connectivity index (χ2v) is 6.12. The van der Waals surface area contributed by atoms with Crippen LogP contribution in [0.15, 0.2) is 22.7 Å². The van der Waals surface area contributed by atoms with E-state index < -0.39 is 0 Å². The number of aliphatic hydroxyl groups is 1. The number of halogens is 1. The fraction of sp³-hybridized carbons (Fsp3) is 0.600. The maximum Gasteiger partial charge on any atom is 0.0637 e. The van der Waals surface area contributed by atoms with Gasteiger partial charge >= 0.3 is 0 Å². The number of nitrogens with zero attached hydrogens (tertiary/aromatic N) is 1. The molecule has 2 atom stereocenters. The van der Waals surface area contributed by atoms with E-state index in [0.29, 0.717) is 5.92 Å². The maximum absolute atomic E-state index is 9.54. The minimum absolute atomic E-state index is 0.234. The molecule has 2 unspecified atom stereocenters. The third-order valence-electron chi connectivity index (χ3n) is 4.00. The Balaban J connectivity index is 2.15. The van der Waals surface area contributed by atoms with Crippen molar-refractivity contribution in [2.75, 3.05) is 24.6 Å². The van der Waals surface area contributed by atoms with Crippen molar-refractivity contribution in [1.82, 2.24) is 5.32 Å². The molecule has 1 fully saturated rings. The van der Waals surface area contributed by atoms with Crippen molar-refractivity contribution in [3.63, 3.8) is 0 Å². The van der Waals surface area contributed by atoms with Crippen LogP contribution in [0.3, 0.4) is 0 Å². The Morgan fingerprint density at radius 2 is 2.26 bits per heavy atom. The van der Waals surface area contributed by atoms with Gasteiger partial charge < -0.3 is 15.3 Å². The zero-order valence-electron chi connectivity index (χ0n) is 11.7. The summed E-state index contributed by atoms with van der Waals surface area (Å²) >= 11 is 3.65. The fourth-order valence-corrected chi connectivity index (χ4v) is 3.23. The first-order chi connectivity index (χ1) is 9.17. The summed E-state index contributed by atoms with van der Waals surface area (Å²) in [6, 6.07) is 6.76. The van der Waals surface area contributed by atoms with E-state index in [1.54, 1.807) is 0 Å². The van der Waals surface area contributed by atoms with Crippen LogP contribution in [0.4, 0.5) is 5.69 Å². The van der Waals surface area contributed by atoms with Gasteiger partial charge in [0.15, 0.2) is 0 Å². The molecule has 0 spiro atoms. The lowest BCUT2D eigenvalue weighted by Gasteiger charge is -2.27. The number of anilines is 1. The summed E-state index contributed by atoms with van der Waals surface area (Å²) in [5.74, 6) is 0.560. The van der Waals surface area contributed by atoms with Crippen LogP contribution in [0.5, 0.6) is 0 Å². The van der Waals surface area contributed by atoms with E-state index in [0.717, 1.165) is 30.5 Å². The Bertz CT molecular complexity index is 425. The van der Waals surface area contributed by atoms with Crippen LogP contribution in [0.25, 0.3) is 0 Å². The summed E-state index contributed by atoms with van der Waals surface area (Å²) in [5.41, 5.74) is 2.48. The van der Waals surface area contributed by atoms with Crippen molar-refractivity contribution in [3.05, 3.63) is 28.2 Å². The molecule has 2 N–H and O–H groups in total. The van der Waals surface area contributed by atoms with Crippen molar-refractivity contribution in [2.24, 2.45) is 5.92 Å². The normalized spacial score (nSPS) is 23.1. The van der Waals surface area contributed by atoms with Crippen LogP contribution in [-0.2, 0) is 6.54 Å². The molecule has 3 nitrogen and oxygen atoms in total. The van der Waals surface area contributed by atoms with E-state index in [1.807, 2.05) is 0 Å². The van der Waals surface area contributed by atoms with E-state index in [2.05, 4.69) is 58.2 Å². The van der Waals surface area contributed by atoms with Crippen molar-refractivity contribution >= 4 is 21.6 Å². The average Bonchev–Trinajstić information content (AvgIpc) is 2.78. The number of hydrogen-bond acceptors (Lipinski definition) is 3. The third kappa shape index (κ3) is 3.30. The minimum Gasteiger partial charge on any atom is -0.394 e. The molecule has 2 rings (SSSR count). The second kappa shape index (κ2) is 6.73. The molecule has 1 aliphatic rings. The molecule has 1 aliphatic heterocycles. The zero-order chi connectivity index (χ0) is 13.8. The lowest BCUT2D eigenvalue weighted by Crippen LogP contribution is -2.35. The van der Waals surface area contributed by atoms with Crippen molar-refractivity contribution in [1.29, 1.82) is 0 Å². The van der Waals surface area contributed by atoms with Crippen LogP contribution in [0, 0.1) is 5.92 Å². The summed E-state index contributed by atoms with van der Waals surface area (Å²) in [7, 11) is 0.